The van der Waals surface area contributed by atoms with Crippen LogP contribution in [0.2, 0.25) is 0 Å². The molecule has 0 aliphatic rings. The van der Waals surface area contributed by atoms with E-state index < -0.39 is 180 Å². The SMILES string of the molecule is Bc1c(O)c(-c2c(O)c(O)c(O)c(-c3c(O)c(O)c(O)c4c3sc3c(-c5c(O)c(O)c(O)c(O)c5O)c(O)c(O)c(O)c34)c2O)c(O)c2c1c1c(O)c(O)c(C)c(C)c1c1c(C)c(C)c(O)c(O)c12. The summed E-state index contributed by atoms with van der Waals surface area (Å²) < 4.78 is -1.36. The van der Waals surface area contributed by atoms with Gasteiger partial charge in [0.25, 0.3) is 0 Å². The minimum atomic E-state index is -1.57. The molecule has 0 aliphatic carbocycles. The molecule has 1 heterocycles. The van der Waals surface area contributed by atoms with Gasteiger partial charge in [-0.3, -0.25) is 0 Å². The summed E-state index contributed by atoms with van der Waals surface area (Å²) in [7, 11) is 1.22. The Bertz CT molecular complexity index is 3900. The summed E-state index contributed by atoms with van der Waals surface area (Å²) in [5.41, 5.74) is -5.84. The van der Waals surface area contributed by atoms with E-state index in [0.717, 1.165) is 0 Å². The van der Waals surface area contributed by atoms with Gasteiger partial charge in [-0.2, -0.15) is 0 Å². The third-order valence-corrected chi connectivity index (χ3v) is 14.4. The van der Waals surface area contributed by atoms with Crippen molar-refractivity contribution < 1.29 is 107 Å². The maximum Gasteiger partial charge on any atom is 0.208 e. The first-order valence-electron chi connectivity index (χ1n) is 19.9. The molecule has 354 valence electrons. The third-order valence-electron chi connectivity index (χ3n) is 13.2. The number of hydrogen-bond acceptors (Lipinski definition) is 22. The van der Waals surface area contributed by atoms with Gasteiger partial charge in [-0.1, -0.05) is 0 Å². The average molecular weight is 967 g/mol. The van der Waals surface area contributed by atoms with E-state index in [2.05, 4.69) is 0 Å². The first-order chi connectivity index (χ1) is 32.2. The summed E-state index contributed by atoms with van der Waals surface area (Å²) in [5.74, 6) is -26.9. The Hall–Kier alpha value is -9.38. The highest BCUT2D eigenvalue weighted by atomic mass is 32.1. The zero-order chi connectivity index (χ0) is 51.0. The highest BCUT2D eigenvalue weighted by molar-refractivity contribution is 7.27. The largest absolute Gasteiger partial charge is 0.508 e. The van der Waals surface area contributed by atoms with Crippen LogP contribution in [0.15, 0.2) is 0 Å². The van der Waals surface area contributed by atoms with Crippen LogP contribution in [-0.4, -0.2) is 115 Å². The molecule has 23 heteroatoms. The van der Waals surface area contributed by atoms with Crippen LogP contribution in [0.5, 0.6) is 121 Å². The van der Waals surface area contributed by atoms with E-state index in [1.165, 1.54) is 28.6 Å². The van der Waals surface area contributed by atoms with Crippen LogP contribution in [0.1, 0.15) is 22.3 Å². The molecule has 0 aliphatic heterocycles. The molecule has 0 radical (unpaired) electrons. The van der Waals surface area contributed by atoms with Crippen molar-refractivity contribution in [1.82, 2.24) is 0 Å². The number of aromatic hydroxyl groups is 21. The second-order valence-electron chi connectivity index (χ2n) is 16.5. The Morgan fingerprint density at radius 2 is 0.478 bits per heavy atom. The maximum atomic E-state index is 12.5. The molecular weight excluding hydrogens is 931 g/mol. The Kier molecular flexibility index (Phi) is 9.14. The molecule has 0 saturated heterocycles. The molecule has 0 unspecified atom stereocenters. The van der Waals surface area contributed by atoms with E-state index in [-0.39, 0.29) is 60.4 Å². The summed E-state index contributed by atoms with van der Waals surface area (Å²) in [6.07, 6.45) is 0. The van der Waals surface area contributed by atoms with E-state index >= 15 is 0 Å². The van der Waals surface area contributed by atoms with E-state index in [1.54, 1.807) is 6.92 Å². The van der Waals surface area contributed by atoms with Crippen LogP contribution in [-0.2, 0) is 0 Å². The van der Waals surface area contributed by atoms with Crippen molar-refractivity contribution in [2.24, 2.45) is 0 Å². The predicted octanol–water partition coefficient (Wildman–Crippen LogP) is 5.82. The lowest BCUT2D eigenvalue weighted by molar-refractivity contribution is 0.329. The summed E-state index contributed by atoms with van der Waals surface area (Å²) in [5, 5.41) is 234. The van der Waals surface area contributed by atoms with Gasteiger partial charge in [0.05, 0.1) is 53.6 Å². The molecule has 0 saturated carbocycles. The molecular formula is C46H35BO21S. The van der Waals surface area contributed by atoms with Crippen molar-refractivity contribution in [3.8, 4) is 154 Å². The molecule has 69 heavy (non-hydrogen) atoms. The van der Waals surface area contributed by atoms with Crippen LogP contribution in [0, 0.1) is 27.7 Å². The smallest absolute Gasteiger partial charge is 0.208 e. The second kappa shape index (κ2) is 14.1. The summed E-state index contributed by atoms with van der Waals surface area (Å²) >= 11 is 0.193. The van der Waals surface area contributed by atoms with Crippen LogP contribution in [0.25, 0.3) is 85.9 Å². The number of phenols is 21. The molecule has 8 aromatic carbocycles. The van der Waals surface area contributed by atoms with Gasteiger partial charge in [0.1, 0.15) is 25.1 Å². The number of phenolic OH excluding ortho intramolecular Hbond substituents is 21. The lowest BCUT2D eigenvalue weighted by atomic mass is 9.77. The number of rotatable bonds is 3. The van der Waals surface area contributed by atoms with Gasteiger partial charge in [-0.15, -0.1) is 11.3 Å². The molecule has 0 amide bonds. The van der Waals surface area contributed by atoms with Crippen LogP contribution in [0.4, 0.5) is 0 Å². The molecule has 1 aromatic heterocycles. The van der Waals surface area contributed by atoms with Gasteiger partial charge in [-0.05, 0) is 71.6 Å². The van der Waals surface area contributed by atoms with Crippen LogP contribution in [0.3, 0.4) is 0 Å². The first kappa shape index (κ1) is 44.8. The van der Waals surface area contributed by atoms with E-state index in [1.807, 2.05) is 0 Å². The normalized spacial score (nSPS) is 11.9. The monoisotopic (exact) mass is 966 g/mol. The molecule has 21 nitrogen and oxygen atoms in total. The van der Waals surface area contributed by atoms with Crippen LogP contribution >= 0.6 is 11.3 Å². The highest BCUT2D eigenvalue weighted by Crippen LogP contribution is 2.68. The Balaban J connectivity index is 1.50. The van der Waals surface area contributed by atoms with E-state index in [0.29, 0.717) is 5.56 Å². The van der Waals surface area contributed by atoms with Crippen LogP contribution < -0.4 is 5.46 Å². The Labute approximate surface area is 387 Å². The summed E-state index contributed by atoms with van der Waals surface area (Å²) in [6.45, 7) is 6.07. The predicted molar refractivity (Wildman–Crippen MR) is 250 cm³/mol. The molecule has 9 aromatic rings. The number of benzene rings is 8. The average Bonchev–Trinajstić information content (AvgIpc) is 3.71. The fourth-order valence-corrected chi connectivity index (χ4v) is 10.8. The van der Waals surface area contributed by atoms with Gasteiger partial charge in [0, 0.05) is 16.2 Å². The zero-order valence-corrected chi connectivity index (χ0v) is 36.6. The second-order valence-corrected chi connectivity index (χ2v) is 17.5. The fourth-order valence-electron chi connectivity index (χ4n) is 9.39. The van der Waals surface area contributed by atoms with Gasteiger partial charge in [0.2, 0.25) is 34.5 Å². The lowest BCUT2D eigenvalue weighted by Crippen LogP contribution is -2.09. The van der Waals surface area contributed by atoms with Crippen molar-refractivity contribution >= 4 is 77.1 Å². The van der Waals surface area contributed by atoms with Crippen molar-refractivity contribution in [1.29, 1.82) is 0 Å². The fraction of sp³-hybridized carbons (Fsp3) is 0.0870. The summed E-state index contributed by atoms with van der Waals surface area (Å²) in [4.78, 5) is 0. The zero-order valence-electron chi connectivity index (χ0n) is 35.8. The van der Waals surface area contributed by atoms with E-state index in [9.17, 15) is 107 Å². The van der Waals surface area contributed by atoms with Gasteiger partial charge in [0.15, 0.2) is 69.0 Å². The minimum Gasteiger partial charge on any atom is -0.508 e. The van der Waals surface area contributed by atoms with Gasteiger partial charge >= 0.3 is 0 Å². The molecule has 0 atom stereocenters. The van der Waals surface area contributed by atoms with Crippen molar-refractivity contribution in [3.63, 3.8) is 0 Å². The molecule has 0 bridgehead atoms. The quantitative estimate of drug-likeness (QED) is 0.0429. The number of thiophene rings is 1. The van der Waals surface area contributed by atoms with E-state index in [4.69, 9.17) is 0 Å². The number of fused-ring (bicyclic) bond motifs is 9. The Morgan fingerprint density at radius 3 is 0.884 bits per heavy atom. The van der Waals surface area contributed by atoms with Gasteiger partial charge < -0.3 is 107 Å². The van der Waals surface area contributed by atoms with Crippen molar-refractivity contribution in [3.05, 3.63) is 22.3 Å². The number of aryl methyl sites for hydroxylation is 2. The first-order valence-corrected chi connectivity index (χ1v) is 20.7. The highest BCUT2D eigenvalue weighted by Gasteiger charge is 2.39. The minimum absolute atomic E-state index is 0.103. The molecule has 0 fully saturated rings. The van der Waals surface area contributed by atoms with Gasteiger partial charge in [-0.25, -0.2) is 0 Å². The molecule has 9 rings (SSSR count). The molecule has 0 spiro atoms. The standard InChI is InChI=1S/C46H35BO21S/c1-5-7(3)24(48)29(53)12-9(5)10-6(2)8(4)25(49)30(54)13(10)14-11(12)23(47)28(52)15(26(14)50)16-27(51)17(32(56)39(63)31(16)55)19-35(59)40(64)37(61)21-22-38(62)41(65)36(60)20(46(22)69-45(19)21)18-33(57)42(66)44(68)43(67)34(18)58/h48-68H,47H2,1-4H3. The van der Waals surface area contributed by atoms with Crippen molar-refractivity contribution in [2.45, 2.75) is 27.7 Å². The molecule has 21 N–H and O–H groups in total. The Morgan fingerprint density at radius 1 is 0.217 bits per heavy atom. The number of hydrogen-bond donors (Lipinski definition) is 21. The maximum absolute atomic E-state index is 12.5. The summed E-state index contributed by atoms with van der Waals surface area (Å²) in [6, 6.07) is 0. The topological polar surface area (TPSA) is 425 Å². The third kappa shape index (κ3) is 5.17. The van der Waals surface area contributed by atoms with Crippen molar-refractivity contribution in [2.75, 3.05) is 0 Å². The lowest BCUT2D eigenvalue weighted by Gasteiger charge is -2.24.